The predicted molar refractivity (Wildman–Crippen MR) is 83.9 cm³/mol. The Hall–Kier alpha value is -1.32. The van der Waals surface area contributed by atoms with Crippen molar-refractivity contribution in [2.75, 3.05) is 7.05 Å². The molecule has 2 aromatic carbocycles. The average molecular weight is 289 g/mol. The molecule has 1 unspecified atom stereocenters. The first-order chi connectivity index (χ1) is 9.51. The van der Waals surface area contributed by atoms with Gasteiger partial charge in [-0.3, -0.25) is 0 Å². The zero-order chi connectivity index (χ0) is 14.7. The highest BCUT2D eigenvalue weighted by atomic mass is 32.2. The quantitative estimate of drug-likeness (QED) is 0.861. The Morgan fingerprint density at radius 1 is 1.05 bits per heavy atom. The molecule has 0 saturated carbocycles. The van der Waals surface area contributed by atoms with Gasteiger partial charge in [0.1, 0.15) is 5.82 Å². The molecule has 0 amide bonds. The van der Waals surface area contributed by atoms with Crippen LogP contribution in [0, 0.1) is 19.7 Å². The van der Waals surface area contributed by atoms with E-state index in [4.69, 9.17) is 0 Å². The van der Waals surface area contributed by atoms with Gasteiger partial charge in [-0.15, -0.1) is 0 Å². The van der Waals surface area contributed by atoms with Crippen LogP contribution in [0.2, 0.25) is 0 Å². The summed E-state index contributed by atoms with van der Waals surface area (Å²) in [6.07, 6.45) is 0. The lowest BCUT2D eigenvalue weighted by Gasteiger charge is -2.12. The van der Waals surface area contributed by atoms with E-state index >= 15 is 0 Å². The first-order valence-electron chi connectivity index (χ1n) is 6.73. The molecule has 0 radical (unpaired) electrons. The molecule has 0 spiro atoms. The third-order valence-corrected chi connectivity index (χ3v) is 4.67. The van der Waals surface area contributed by atoms with Crippen molar-refractivity contribution in [2.45, 2.75) is 36.6 Å². The Balaban J connectivity index is 2.25. The fourth-order valence-corrected chi connectivity index (χ4v) is 2.95. The topological polar surface area (TPSA) is 12.0 Å². The van der Waals surface area contributed by atoms with E-state index in [2.05, 4.69) is 37.4 Å². The van der Waals surface area contributed by atoms with Crippen LogP contribution in [0.4, 0.5) is 4.39 Å². The van der Waals surface area contributed by atoms with E-state index in [0.29, 0.717) is 4.90 Å². The van der Waals surface area contributed by atoms with Gasteiger partial charge in [0.25, 0.3) is 0 Å². The zero-order valence-electron chi connectivity index (χ0n) is 12.3. The zero-order valence-corrected chi connectivity index (χ0v) is 13.1. The molecule has 20 heavy (non-hydrogen) atoms. The number of hydrogen-bond acceptors (Lipinski definition) is 2. The molecule has 0 aromatic heterocycles. The van der Waals surface area contributed by atoms with E-state index in [-0.39, 0.29) is 11.9 Å². The predicted octanol–water partition coefficient (Wildman–Crippen LogP) is 4.87. The fourth-order valence-electron chi connectivity index (χ4n) is 2.07. The maximum absolute atomic E-state index is 14.2. The summed E-state index contributed by atoms with van der Waals surface area (Å²) in [5.41, 5.74) is 3.38. The van der Waals surface area contributed by atoms with Crippen LogP contribution in [0.15, 0.2) is 46.2 Å². The van der Waals surface area contributed by atoms with Gasteiger partial charge in [0.2, 0.25) is 0 Å². The lowest BCUT2D eigenvalue weighted by Crippen LogP contribution is -2.12. The molecule has 0 aliphatic rings. The van der Waals surface area contributed by atoms with Crippen LogP contribution in [0.1, 0.15) is 29.7 Å². The Kier molecular flexibility index (Phi) is 4.84. The Morgan fingerprint density at radius 2 is 1.75 bits per heavy atom. The number of aryl methyl sites for hydroxylation is 2. The van der Waals surface area contributed by atoms with Crippen LogP contribution in [-0.4, -0.2) is 7.05 Å². The maximum Gasteiger partial charge on any atom is 0.137 e. The van der Waals surface area contributed by atoms with E-state index in [9.17, 15) is 4.39 Å². The minimum atomic E-state index is -0.158. The summed E-state index contributed by atoms with van der Waals surface area (Å²) < 4.78 is 14.2. The minimum absolute atomic E-state index is 0.157. The number of hydrogen-bond donors (Lipinski definition) is 1. The summed E-state index contributed by atoms with van der Waals surface area (Å²) in [5, 5.41) is 3.12. The van der Waals surface area contributed by atoms with Crippen molar-refractivity contribution in [3.8, 4) is 0 Å². The van der Waals surface area contributed by atoms with Crippen LogP contribution >= 0.6 is 11.8 Å². The van der Waals surface area contributed by atoms with Crippen LogP contribution in [0.3, 0.4) is 0 Å². The second-order valence-corrected chi connectivity index (χ2v) is 6.16. The van der Waals surface area contributed by atoms with Crippen molar-refractivity contribution in [2.24, 2.45) is 0 Å². The summed E-state index contributed by atoms with van der Waals surface area (Å²) in [7, 11) is 1.88. The number of nitrogens with one attached hydrogen (secondary N) is 1. The molecule has 0 saturated heterocycles. The third kappa shape index (κ3) is 3.41. The maximum atomic E-state index is 14.2. The number of rotatable bonds is 4. The molecule has 0 fully saturated rings. The monoisotopic (exact) mass is 289 g/mol. The van der Waals surface area contributed by atoms with Crippen molar-refractivity contribution < 1.29 is 4.39 Å². The van der Waals surface area contributed by atoms with Crippen molar-refractivity contribution in [1.29, 1.82) is 0 Å². The molecule has 1 N–H and O–H groups in total. The molecular formula is C17H20FNS. The Bertz CT molecular complexity index is 610. The van der Waals surface area contributed by atoms with Crippen LogP contribution in [0.5, 0.6) is 0 Å². The molecular weight excluding hydrogens is 269 g/mol. The summed E-state index contributed by atoms with van der Waals surface area (Å²) >= 11 is 1.48. The van der Waals surface area contributed by atoms with Gasteiger partial charge in [0.15, 0.2) is 0 Å². The van der Waals surface area contributed by atoms with Gasteiger partial charge in [-0.05, 0) is 57.1 Å². The summed E-state index contributed by atoms with van der Waals surface area (Å²) in [6, 6.07) is 11.9. The van der Waals surface area contributed by atoms with Crippen LogP contribution in [-0.2, 0) is 0 Å². The highest BCUT2D eigenvalue weighted by Crippen LogP contribution is 2.33. The lowest BCUT2D eigenvalue weighted by atomic mass is 10.1. The highest BCUT2D eigenvalue weighted by Gasteiger charge is 2.10. The average Bonchev–Trinajstić information content (AvgIpc) is 2.42. The van der Waals surface area contributed by atoms with Gasteiger partial charge >= 0.3 is 0 Å². The van der Waals surface area contributed by atoms with Gasteiger partial charge in [-0.1, -0.05) is 35.5 Å². The summed E-state index contributed by atoms with van der Waals surface area (Å²) in [4.78, 5) is 1.77. The first-order valence-corrected chi connectivity index (χ1v) is 7.54. The minimum Gasteiger partial charge on any atom is -0.313 e. The second-order valence-electron chi connectivity index (χ2n) is 5.07. The molecule has 2 aromatic rings. The Labute approximate surface area is 124 Å². The highest BCUT2D eigenvalue weighted by molar-refractivity contribution is 7.99. The first kappa shape index (κ1) is 15.1. The summed E-state index contributed by atoms with van der Waals surface area (Å²) in [6.45, 7) is 6.15. The van der Waals surface area contributed by atoms with Crippen LogP contribution < -0.4 is 5.32 Å². The van der Waals surface area contributed by atoms with E-state index < -0.39 is 0 Å². The van der Waals surface area contributed by atoms with Crippen molar-refractivity contribution in [3.63, 3.8) is 0 Å². The standard InChI is InChI=1S/C17H20FNS/c1-11-5-7-16(12(2)9-11)20-17-8-6-14(10-15(17)18)13(3)19-4/h5-10,13,19H,1-4H3. The van der Waals surface area contributed by atoms with Gasteiger partial charge in [-0.2, -0.15) is 0 Å². The third-order valence-electron chi connectivity index (χ3n) is 3.44. The molecule has 0 aliphatic heterocycles. The molecule has 106 valence electrons. The molecule has 0 heterocycles. The number of benzene rings is 2. The van der Waals surface area contributed by atoms with Gasteiger partial charge in [0.05, 0.1) is 0 Å². The van der Waals surface area contributed by atoms with Gasteiger partial charge in [-0.25, -0.2) is 4.39 Å². The number of halogens is 1. The van der Waals surface area contributed by atoms with Gasteiger partial charge < -0.3 is 5.32 Å². The second kappa shape index (κ2) is 6.42. The molecule has 0 aliphatic carbocycles. The van der Waals surface area contributed by atoms with E-state index in [0.717, 1.165) is 10.5 Å². The lowest BCUT2D eigenvalue weighted by molar-refractivity contribution is 0.587. The van der Waals surface area contributed by atoms with Gasteiger partial charge in [0, 0.05) is 15.8 Å². The molecule has 3 heteroatoms. The molecule has 0 bridgehead atoms. The van der Waals surface area contributed by atoms with E-state index in [1.807, 2.05) is 26.1 Å². The van der Waals surface area contributed by atoms with Crippen molar-refractivity contribution in [3.05, 3.63) is 58.9 Å². The molecule has 1 nitrogen and oxygen atoms in total. The smallest absolute Gasteiger partial charge is 0.137 e. The van der Waals surface area contributed by atoms with Crippen LogP contribution in [0.25, 0.3) is 0 Å². The van der Waals surface area contributed by atoms with E-state index in [1.54, 1.807) is 6.07 Å². The largest absolute Gasteiger partial charge is 0.313 e. The SMILES string of the molecule is CNC(C)c1ccc(Sc2ccc(C)cc2C)c(F)c1. The molecule has 2 rings (SSSR count). The molecule has 1 atom stereocenters. The fraction of sp³-hybridized carbons (Fsp3) is 0.294. The van der Waals surface area contributed by atoms with E-state index in [1.165, 1.54) is 22.9 Å². The summed E-state index contributed by atoms with van der Waals surface area (Å²) in [5.74, 6) is -0.158. The van der Waals surface area contributed by atoms with Crippen molar-refractivity contribution >= 4 is 11.8 Å². The Morgan fingerprint density at radius 3 is 2.35 bits per heavy atom. The normalized spacial score (nSPS) is 12.4. The van der Waals surface area contributed by atoms with Crippen molar-refractivity contribution in [1.82, 2.24) is 5.32 Å².